The number of hydrogen-bond acceptors (Lipinski definition) is 5. The third-order valence-electron chi connectivity index (χ3n) is 4.82. The van der Waals surface area contributed by atoms with Gasteiger partial charge in [-0.25, -0.2) is 4.79 Å². The largest absolute Gasteiger partial charge is 0.494 e. The Hall–Kier alpha value is -2.75. The van der Waals surface area contributed by atoms with Gasteiger partial charge in [-0.3, -0.25) is 4.79 Å². The van der Waals surface area contributed by atoms with E-state index in [0.29, 0.717) is 51.6 Å². The second-order valence-electron chi connectivity index (χ2n) is 7.56. The summed E-state index contributed by atoms with van der Waals surface area (Å²) in [4.78, 5) is 28.6. The quantitative estimate of drug-likeness (QED) is 0.661. The summed E-state index contributed by atoms with van der Waals surface area (Å²) < 4.78 is 10.7. The number of amides is 2. The van der Waals surface area contributed by atoms with E-state index in [9.17, 15) is 9.59 Å². The molecule has 158 valence electrons. The van der Waals surface area contributed by atoms with Gasteiger partial charge < -0.3 is 19.3 Å². The molecular weight excluding hydrogens is 370 g/mol. The zero-order valence-electron chi connectivity index (χ0n) is 17.6. The number of rotatable bonds is 8. The lowest BCUT2D eigenvalue weighted by molar-refractivity contribution is -0.123. The Morgan fingerprint density at radius 1 is 1.24 bits per heavy atom. The Morgan fingerprint density at radius 2 is 1.90 bits per heavy atom. The zero-order chi connectivity index (χ0) is 21.2. The fraction of sp³-hybridized carbons (Fsp3) is 0.591. The van der Waals surface area contributed by atoms with Crippen LogP contribution in [0.2, 0.25) is 0 Å². The monoisotopic (exact) mass is 401 g/mol. The second-order valence-corrected chi connectivity index (χ2v) is 7.56. The van der Waals surface area contributed by atoms with E-state index in [1.54, 1.807) is 9.80 Å². The molecule has 29 heavy (non-hydrogen) atoms. The molecule has 7 heteroatoms. The first-order valence-corrected chi connectivity index (χ1v) is 10.3. The Bertz CT molecular complexity index is 704. The van der Waals surface area contributed by atoms with Crippen LogP contribution in [0, 0.1) is 23.2 Å². The number of benzene rings is 1. The van der Waals surface area contributed by atoms with Crippen molar-refractivity contribution in [1.29, 1.82) is 5.26 Å². The zero-order valence-corrected chi connectivity index (χ0v) is 17.6. The van der Waals surface area contributed by atoms with Crippen LogP contribution in [0.1, 0.15) is 40.0 Å². The van der Waals surface area contributed by atoms with Crippen molar-refractivity contribution in [2.24, 2.45) is 11.8 Å². The Balaban J connectivity index is 1.99. The van der Waals surface area contributed by atoms with Gasteiger partial charge in [0.1, 0.15) is 5.75 Å². The molecule has 1 fully saturated rings. The van der Waals surface area contributed by atoms with Crippen molar-refractivity contribution in [1.82, 2.24) is 4.90 Å². The summed E-state index contributed by atoms with van der Waals surface area (Å²) in [6.07, 6.45) is 1.14. The lowest BCUT2D eigenvalue weighted by Crippen LogP contribution is -2.45. The number of ether oxygens (including phenoxy) is 2. The predicted octanol–water partition coefficient (Wildman–Crippen LogP) is 3.84. The molecule has 1 aromatic rings. The van der Waals surface area contributed by atoms with Crippen LogP contribution in [0.25, 0.3) is 0 Å². The minimum atomic E-state index is -0.308. The molecule has 1 aliphatic rings. The lowest BCUT2D eigenvalue weighted by Gasteiger charge is -2.33. The number of piperidine rings is 1. The molecule has 2 amide bonds. The molecule has 1 saturated heterocycles. The summed E-state index contributed by atoms with van der Waals surface area (Å²) in [7, 11) is 0. The lowest BCUT2D eigenvalue weighted by atomic mass is 9.95. The standard InChI is InChI=1S/C22H31N3O4/c1-4-28-20-8-6-19(7-9-20)25(13-5-12-23)21(26)18-10-14-24(15-11-18)22(27)29-16-17(2)3/h6-9,17-18H,4-5,10-11,13-16H2,1-3H3. The van der Waals surface area contributed by atoms with Crippen molar-refractivity contribution < 1.29 is 19.1 Å². The molecule has 0 radical (unpaired) electrons. The number of nitrogens with zero attached hydrogens (tertiary/aromatic N) is 3. The molecule has 0 atom stereocenters. The third-order valence-corrected chi connectivity index (χ3v) is 4.82. The van der Waals surface area contributed by atoms with Crippen LogP contribution < -0.4 is 9.64 Å². The van der Waals surface area contributed by atoms with Crippen LogP contribution in [0.5, 0.6) is 5.75 Å². The maximum absolute atomic E-state index is 13.2. The van der Waals surface area contributed by atoms with Crippen LogP contribution in [0.15, 0.2) is 24.3 Å². The van der Waals surface area contributed by atoms with Gasteiger partial charge >= 0.3 is 6.09 Å². The molecule has 0 saturated carbocycles. The van der Waals surface area contributed by atoms with Gasteiger partial charge in [-0.05, 0) is 49.9 Å². The smallest absolute Gasteiger partial charge is 0.409 e. The molecule has 0 aromatic heterocycles. The average molecular weight is 402 g/mol. The molecule has 1 aromatic carbocycles. The third kappa shape index (κ3) is 6.67. The van der Waals surface area contributed by atoms with Gasteiger partial charge in [-0.2, -0.15) is 5.26 Å². The van der Waals surface area contributed by atoms with Crippen LogP contribution in [-0.2, 0) is 9.53 Å². The van der Waals surface area contributed by atoms with Crippen molar-refractivity contribution in [3.8, 4) is 11.8 Å². The van der Waals surface area contributed by atoms with E-state index in [0.717, 1.165) is 11.4 Å². The number of carbonyl (C=O) groups excluding carboxylic acids is 2. The fourth-order valence-corrected chi connectivity index (χ4v) is 3.28. The topological polar surface area (TPSA) is 82.9 Å². The molecule has 1 aliphatic heterocycles. The Kier molecular flexibility index (Phi) is 8.78. The van der Waals surface area contributed by atoms with Crippen molar-refractivity contribution >= 4 is 17.7 Å². The fourth-order valence-electron chi connectivity index (χ4n) is 3.28. The molecular formula is C22H31N3O4. The van der Waals surface area contributed by atoms with E-state index >= 15 is 0 Å². The first kappa shape index (κ1) is 22.5. The minimum absolute atomic E-state index is 0.000363. The number of likely N-dealkylation sites (tertiary alicyclic amines) is 1. The van der Waals surface area contributed by atoms with E-state index < -0.39 is 0 Å². The molecule has 7 nitrogen and oxygen atoms in total. The highest BCUT2D eigenvalue weighted by molar-refractivity contribution is 5.95. The van der Waals surface area contributed by atoms with E-state index in [-0.39, 0.29) is 24.3 Å². The predicted molar refractivity (Wildman–Crippen MR) is 111 cm³/mol. The van der Waals surface area contributed by atoms with E-state index in [2.05, 4.69) is 6.07 Å². The summed E-state index contributed by atoms with van der Waals surface area (Å²) in [6.45, 7) is 8.24. The molecule has 0 N–H and O–H groups in total. The van der Waals surface area contributed by atoms with E-state index in [1.165, 1.54) is 0 Å². The molecule has 1 heterocycles. The SMILES string of the molecule is CCOc1ccc(N(CCC#N)C(=O)C2CCN(C(=O)OCC(C)C)CC2)cc1. The van der Waals surface area contributed by atoms with Gasteiger partial charge in [0.05, 0.1) is 25.7 Å². The van der Waals surface area contributed by atoms with Crippen LogP contribution in [0.4, 0.5) is 10.5 Å². The first-order valence-electron chi connectivity index (χ1n) is 10.3. The summed E-state index contributed by atoms with van der Waals surface area (Å²) in [5.74, 6) is 0.868. The van der Waals surface area contributed by atoms with Crippen molar-refractivity contribution in [2.75, 3.05) is 37.7 Å². The summed E-state index contributed by atoms with van der Waals surface area (Å²) in [5.41, 5.74) is 0.757. The summed E-state index contributed by atoms with van der Waals surface area (Å²) in [6, 6.07) is 9.47. The van der Waals surface area contributed by atoms with Gasteiger partial charge in [0, 0.05) is 31.2 Å². The van der Waals surface area contributed by atoms with Gasteiger partial charge in [-0.1, -0.05) is 13.8 Å². The van der Waals surface area contributed by atoms with Crippen molar-refractivity contribution in [3.63, 3.8) is 0 Å². The Morgan fingerprint density at radius 3 is 2.45 bits per heavy atom. The number of nitriles is 1. The van der Waals surface area contributed by atoms with E-state index in [4.69, 9.17) is 14.7 Å². The van der Waals surface area contributed by atoms with Crippen molar-refractivity contribution in [2.45, 2.75) is 40.0 Å². The molecule has 0 aliphatic carbocycles. The highest BCUT2D eigenvalue weighted by Gasteiger charge is 2.31. The maximum Gasteiger partial charge on any atom is 0.409 e. The maximum atomic E-state index is 13.2. The second kappa shape index (κ2) is 11.3. The van der Waals surface area contributed by atoms with E-state index in [1.807, 2.05) is 45.0 Å². The number of carbonyl (C=O) groups is 2. The molecule has 2 rings (SSSR count). The number of hydrogen-bond donors (Lipinski definition) is 0. The van der Waals surface area contributed by atoms with Gasteiger partial charge in [0.2, 0.25) is 5.91 Å². The van der Waals surface area contributed by atoms with Gasteiger partial charge in [0.25, 0.3) is 0 Å². The molecule has 0 spiro atoms. The minimum Gasteiger partial charge on any atom is -0.494 e. The first-order chi connectivity index (χ1) is 14.0. The highest BCUT2D eigenvalue weighted by atomic mass is 16.6. The van der Waals surface area contributed by atoms with Crippen LogP contribution >= 0.6 is 0 Å². The summed E-state index contributed by atoms with van der Waals surface area (Å²) >= 11 is 0. The molecule has 0 bridgehead atoms. The van der Waals surface area contributed by atoms with Crippen LogP contribution in [0.3, 0.4) is 0 Å². The highest BCUT2D eigenvalue weighted by Crippen LogP contribution is 2.26. The normalized spacial score (nSPS) is 14.4. The van der Waals surface area contributed by atoms with Gasteiger partial charge in [-0.15, -0.1) is 0 Å². The summed E-state index contributed by atoms with van der Waals surface area (Å²) in [5, 5.41) is 8.99. The van der Waals surface area contributed by atoms with Crippen LogP contribution in [-0.4, -0.2) is 49.7 Å². The number of anilines is 1. The average Bonchev–Trinajstić information content (AvgIpc) is 2.73. The molecule has 0 unspecified atom stereocenters. The Labute approximate surface area is 173 Å². The van der Waals surface area contributed by atoms with Crippen molar-refractivity contribution in [3.05, 3.63) is 24.3 Å². The van der Waals surface area contributed by atoms with Gasteiger partial charge in [0.15, 0.2) is 0 Å².